The fraction of sp³-hybridized carbons (Fsp3) is 0.500. The van der Waals surface area contributed by atoms with Gasteiger partial charge in [-0.2, -0.15) is 0 Å². The molecule has 41 valence electrons. The van der Waals surface area contributed by atoms with Gasteiger partial charge in [0.2, 0.25) is 0 Å². The maximum atomic E-state index is 6.63. The van der Waals surface area contributed by atoms with Gasteiger partial charge in [0.05, 0.1) is 0 Å². The van der Waals surface area contributed by atoms with Crippen LogP contribution in [0.1, 0.15) is 13.3 Å². The second-order valence-corrected chi connectivity index (χ2v) is 1.17. The average Bonchev–Trinajstić information content (AvgIpc) is 1.61. The van der Waals surface area contributed by atoms with Gasteiger partial charge in [0.1, 0.15) is 0 Å². The molecule has 3 nitrogen and oxygen atoms in total. The van der Waals surface area contributed by atoms with Gasteiger partial charge in [0.15, 0.2) is 5.96 Å². The first-order valence-electron chi connectivity index (χ1n) is 2.19. The van der Waals surface area contributed by atoms with Crippen LogP contribution in [0.3, 0.4) is 0 Å². The minimum Gasteiger partial charge on any atom is -0.370 e. The Kier molecular flexibility index (Phi) is 3.10. The van der Waals surface area contributed by atoms with Crippen molar-refractivity contribution >= 4 is 5.96 Å². The number of hydrogen-bond acceptors (Lipinski definition) is 1. The Morgan fingerprint density at radius 2 is 2.57 bits per heavy atom. The van der Waals surface area contributed by atoms with E-state index >= 15 is 0 Å². The minimum atomic E-state index is 0.00171. The number of nitrogens with one attached hydrogen (secondary N) is 2. The van der Waals surface area contributed by atoms with Crippen LogP contribution in [-0.2, 0) is 0 Å². The van der Waals surface area contributed by atoms with Crippen molar-refractivity contribution in [2.75, 3.05) is 0 Å². The normalized spacial score (nSPS) is 8.14. The third kappa shape index (κ3) is 5.27. The molecule has 0 atom stereocenters. The zero-order valence-corrected chi connectivity index (χ0v) is 4.36. The molecule has 0 saturated carbocycles. The molecule has 0 aliphatic rings. The van der Waals surface area contributed by atoms with Gasteiger partial charge in [-0.1, -0.05) is 6.92 Å². The van der Waals surface area contributed by atoms with Crippen LogP contribution in [0.4, 0.5) is 0 Å². The van der Waals surface area contributed by atoms with Crippen molar-refractivity contribution in [3.8, 4) is 0 Å². The molecule has 1 radical (unpaired) electrons. The summed E-state index contributed by atoms with van der Waals surface area (Å²) in [5, 5.41) is 9.16. The van der Waals surface area contributed by atoms with E-state index in [-0.39, 0.29) is 5.96 Å². The first-order chi connectivity index (χ1) is 3.27. The second-order valence-electron chi connectivity index (χ2n) is 1.17. The number of hydrogen-bond donors (Lipinski definition) is 3. The topological polar surface area (TPSA) is 61.9 Å². The Morgan fingerprint density at radius 1 is 2.00 bits per heavy atom. The molecule has 0 aromatic carbocycles. The Morgan fingerprint density at radius 3 is 2.71 bits per heavy atom. The Labute approximate surface area is 43.4 Å². The zero-order valence-electron chi connectivity index (χ0n) is 4.36. The molecule has 0 aliphatic carbocycles. The summed E-state index contributed by atoms with van der Waals surface area (Å²) in [6.45, 7) is 3.69. The predicted octanol–water partition coefficient (Wildman–Crippen LogP) is 0.0413. The van der Waals surface area contributed by atoms with Gasteiger partial charge in [-0.05, 0) is 6.42 Å². The molecular formula is C4H10N3. The summed E-state index contributed by atoms with van der Waals surface area (Å²) >= 11 is 0. The largest absolute Gasteiger partial charge is 0.370 e. The molecule has 0 aliphatic heterocycles. The van der Waals surface area contributed by atoms with Crippen molar-refractivity contribution in [3.05, 3.63) is 6.54 Å². The first kappa shape index (κ1) is 6.27. The quantitative estimate of drug-likeness (QED) is 0.339. The van der Waals surface area contributed by atoms with E-state index in [0.29, 0.717) is 0 Å². The van der Waals surface area contributed by atoms with E-state index in [1.165, 1.54) is 0 Å². The second kappa shape index (κ2) is 3.46. The molecule has 0 unspecified atom stereocenters. The SMILES string of the molecule is CC[CH]NC(=N)N. The van der Waals surface area contributed by atoms with Crippen molar-refractivity contribution in [3.63, 3.8) is 0 Å². The molecule has 0 fully saturated rings. The molecule has 0 spiro atoms. The van der Waals surface area contributed by atoms with E-state index in [1.54, 1.807) is 6.54 Å². The molecule has 0 bridgehead atoms. The summed E-state index contributed by atoms with van der Waals surface area (Å²) in [4.78, 5) is 0. The molecule has 3 heteroatoms. The van der Waals surface area contributed by atoms with E-state index in [9.17, 15) is 0 Å². The average molecular weight is 100 g/mol. The van der Waals surface area contributed by atoms with Crippen LogP contribution < -0.4 is 11.1 Å². The van der Waals surface area contributed by atoms with Crippen LogP contribution >= 0.6 is 0 Å². The van der Waals surface area contributed by atoms with Gasteiger partial charge in [0.25, 0.3) is 0 Å². The van der Waals surface area contributed by atoms with Crippen molar-refractivity contribution < 1.29 is 0 Å². The van der Waals surface area contributed by atoms with E-state index in [0.717, 1.165) is 6.42 Å². The smallest absolute Gasteiger partial charge is 0.185 e. The van der Waals surface area contributed by atoms with Crippen LogP contribution in [0.2, 0.25) is 0 Å². The van der Waals surface area contributed by atoms with E-state index < -0.39 is 0 Å². The van der Waals surface area contributed by atoms with E-state index in [4.69, 9.17) is 11.1 Å². The summed E-state index contributed by atoms with van der Waals surface area (Å²) in [5.41, 5.74) is 4.92. The van der Waals surface area contributed by atoms with Gasteiger partial charge in [-0.3, -0.25) is 5.41 Å². The predicted molar refractivity (Wildman–Crippen MR) is 29.6 cm³/mol. The minimum absolute atomic E-state index is 0.00171. The molecule has 0 heterocycles. The summed E-state index contributed by atoms with van der Waals surface area (Å²) in [5.74, 6) is 0.00171. The fourth-order valence-electron chi connectivity index (χ4n) is 0.212. The van der Waals surface area contributed by atoms with Crippen LogP contribution in [0.5, 0.6) is 0 Å². The monoisotopic (exact) mass is 100 g/mol. The maximum Gasteiger partial charge on any atom is 0.185 e. The highest BCUT2D eigenvalue weighted by Crippen LogP contribution is 1.73. The van der Waals surface area contributed by atoms with Gasteiger partial charge in [-0.25, -0.2) is 0 Å². The van der Waals surface area contributed by atoms with Gasteiger partial charge >= 0.3 is 0 Å². The lowest BCUT2D eigenvalue weighted by molar-refractivity contribution is 0.954. The summed E-state index contributed by atoms with van der Waals surface area (Å²) < 4.78 is 0. The zero-order chi connectivity index (χ0) is 5.70. The van der Waals surface area contributed by atoms with Crippen LogP contribution in [0.25, 0.3) is 0 Å². The van der Waals surface area contributed by atoms with Gasteiger partial charge in [-0.15, -0.1) is 0 Å². The van der Waals surface area contributed by atoms with Crippen LogP contribution in [0, 0.1) is 12.0 Å². The van der Waals surface area contributed by atoms with Crippen molar-refractivity contribution in [1.82, 2.24) is 5.32 Å². The molecule has 0 amide bonds. The van der Waals surface area contributed by atoms with Gasteiger partial charge in [0, 0.05) is 6.54 Å². The molecule has 0 rings (SSSR count). The Balaban J connectivity index is 2.82. The number of rotatable bonds is 2. The lowest BCUT2D eigenvalue weighted by Crippen LogP contribution is -2.27. The third-order valence-electron chi connectivity index (χ3n) is 0.462. The van der Waals surface area contributed by atoms with E-state index in [1.807, 2.05) is 6.92 Å². The van der Waals surface area contributed by atoms with Gasteiger partial charge < -0.3 is 11.1 Å². The van der Waals surface area contributed by atoms with Crippen molar-refractivity contribution in [2.45, 2.75) is 13.3 Å². The molecule has 7 heavy (non-hydrogen) atoms. The van der Waals surface area contributed by atoms with E-state index in [2.05, 4.69) is 5.32 Å². The molecule has 0 saturated heterocycles. The summed E-state index contributed by atoms with van der Waals surface area (Å²) in [6, 6.07) is 0. The first-order valence-corrected chi connectivity index (χ1v) is 2.19. The van der Waals surface area contributed by atoms with Crippen LogP contribution in [-0.4, -0.2) is 5.96 Å². The highest BCUT2D eigenvalue weighted by atomic mass is 15.0. The maximum absolute atomic E-state index is 6.63. The fourth-order valence-corrected chi connectivity index (χ4v) is 0.212. The molecule has 4 N–H and O–H groups in total. The molecule has 0 aromatic heterocycles. The third-order valence-corrected chi connectivity index (χ3v) is 0.462. The van der Waals surface area contributed by atoms with Crippen molar-refractivity contribution in [1.29, 1.82) is 5.41 Å². The molecule has 0 aromatic rings. The molecular weight excluding hydrogens is 90.1 g/mol. The van der Waals surface area contributed by atoms with Crippen LogP contribution in [0.15, 0.2) is 0 Å². The highest BCUT2D eigenvalue weighted by Gasteiger charge is 1.80. The highest BCUT2D eigenvalue weighted by molar-refractivity contribution is 5.74. The Hall–Kier alpha value is -0.730. The lowest BCUT2D eigenvalue weighted by atomic mass is 10.5. The summed E-state index contributed by atoms with van der Waals surface area (Å²) in [7, 11) is 0. The standard InChI is InChI=1S/C4H10N3/c1-2-3-7-4(5)6/h3H,2H2,1H3,(H4,5,6,7). The number of guanidine groups is 1. The lowest BCUT2D eigenvalue weighted by Gasteiger charge is -1.95. The van der Waals surface area contributed by atoms with Crippen molar-refractivity contribution in [2.24, 2.45) is 5.73 Å². The Bertz CT molecular complexity index is 60.0. The number of nitrogens with two attached hydrogens (primary N) is 1. The summed E-state index contributed by atoms with van der Waals surface area (Å²) in [6.07, 6.45) is 0.888.